The van der Waals surface area contributed by atoms with Gasteiger partial charge in [-0.2, -0.15) is 0 Å². The molecule has 1 atom stereocenters. The Morgan fingerprint density at radius 2 is 2.13 bits per heavy atom. The lowest BCUT2D eigenvalue weighted by atomic mass is 10.1. The van der Waals surface area contributed by atoms with Crippen LogP contribution in [0.15, 0.2) is 0 Å². The van der Waals surface area contributed by atoms with Gasteiger partial charge in [0.25, 0.3) is 0 Å². The van der Waals surface area contributed by atoms with E-state index in [0.29, 0.717) is 12.6 Å². The Bertz CT molecular complexity index is 226. The van der Waals surface area contributed by atoms with Gasteiger partial charge in [-0.25, -0.2) is 0 Å². The van der Waals surface area contributed by atoms with Gasteiger partial charge in [0.1, 0.15) is 6.04 Å². The van der Waals surface area contributed by atoms with E-state index in [1.54, 1.807) is 0 Å². The SMILES string of the molecule is COC(=O)C1COCCN1C1CCCC1. The monoisotopic (exact) mass is 213 g/mol. The summed E-state index contributed by atoms with van der Waals surface area (Å²) in [6.07, 6.45) is 5.01. The van der Waals surface area contributed by atoms with Crippen LogP contribution in [-0.2, 0) is 14.3 Å². The number of methoxy groups -OCH3 is 1. The number of nitrogens with zero attached hydrogens (tertiary/aromatic N) is 1. The van der Waals surface area contributed by atoms with Gasteiger partial charge in [0.05, 0.1) is 20.3 Å². The van der Waals surface area contributed by atoms with Crippen molar-refractivity contribution >= 4 is 5.97 Å². The molecule has 4 nitrogen and oxygen atoms in total. The number of rotatable bonds is 2. The number of esters is 1. The third kappa shape index (κ3) is 2.32. The smallest absolute Gasteiger partial charge is 0.325 e. The quantitative estimate of drug-likeness (QED) is 0.636. The highest BCUT2D eigenvalue weighted by atomic mass is 16.5. The van der Waals surface area contributed by atoms with Crippen molar-refractivity contribution in [3.8, 4) is 0 Å². The minimum Gasteiger partial charge on any atom is -0.468 e. The minimum absolute atomic E-state index is 0.151. The highest BCUT2D eigenvalue weighted by molar-refractivity contribution is 5.76. The molecule has 0 aromatic rings. The van der Waals surface area contributed by atoms with E-state index >= 15 is 0 Å². The van der Waals surface area contributed by atoms with Crippen LogP contribution in [0.5, 0.6) is 0 Å². The van der Waals surface area contributed by atoms with Gasteiger partial charge in [-0.05, 0) is 12.8 Å². The van der Waals surface area contributed by atoms with Crippen LogP contribution in [0.4, 0.5) is 0 Å². The van der Waals surface area contributed by atoms with Gasteiger partial charge in [0, 0.05) is 12.6 Å². The summed E-state index contributed by atoms with van der Waals surface area (Å²) >= 11 is 0. The maximum Gasteiger partial charge on any atom is 0.325 e. The first-order valence-corrected chi connectivity index (χ1v) is 5.74. The fourth-order valence-electron chi connectivity index (χ4n) is 2.63. The van der Waals surface area contributed by atoms with Crippen LogP contribution < -0.4 is 0 Å². The van der Waals surface area contributed by atoms with Crippen molar-refractivity contribution in [3.63, 3.8) is 0 Å². The highest BCUT2D eigenvalue weighted by Gasteiger charge is 2.35. The summed E-state index contributed by atoms with van der Waals surface area (Å²) in [4.78, 5) is 13.9. The van der Waals surface area contributed by atoms with Gasteiger partial charge in [-0.1, -0.05) is 12.8 Å². The van der Waals surface area contributed by atoms with E-state index < -0.39 is 0 Å². The predicted octanol–water partition coefficient (Wildman–Crippen LogP) is 0.803. The normalized spacial score (nSPS) is 29.3. The molecule has 1 aliphatic carbocycles. The minimum atomic E-state index is -0.174. The molecule has 2 rings (SSSR count). The third-order valence-electron chi connectivity index (χ3n) is 3.44. The van der Waals surface area contributed by atoms with Crippen LogP contribution in [0.25, 0.3) is 0 Å². The lowest BCUT2D eigenvalue weighted by Crippen LogP contribution is -2.54. The van der Waals surface area contributed by atoms with Crippen LogP contribution in [0.1, 0.15) is 25.7 Å². The van der Waals surface area contributed by atoms with E-state index in [9.17, 15) is 4.79 Å². The van der Waals surface area contributed by atoms with Crippen LogP contribution in [-0.4, -0.2) is 49.8 Å². The lowest BCUT2D eigenvalue weighted by Gasteiger charge is -2.37. The predicted molar refractivity (Wildman–Crippen MR) is 55.6 cm³/mol. The first kappa shape index (κ1) is 10.9. The third-order valence-corrected chi connectivity index (χ3v) is 3.44. The Morgan fingerprint density at radius 3 is 2.80 bits per heavy atom. The maximum atomic E-state index is 11.6. The fourth-order valence-corrected chi connectivity index (χ4v) is 2.63. The summed E-state index contributed by atoms with van der Waals surface area (Å²) in [5.74, 6) is -0.151. The van der Waals surface area contributed by atoms with E-state index in [1.165, 1.54) is 32.8 Å². The molecule has 0 radical (unpaired) electrons. The number of hydrogen-bond donors (Lipinski definition) is 0. The summed E-state index contributed by atoms with van der Waals surface area (Å²) in [6, 6.07) is 0.393. The Kier molecular flexibility index (Phi) is 3.59. The van der Waals surface area contributed by atoms with Crippen molar-refractivity contribution < 1.29 is 14.3 Å². The Morgan fingerprint density at radius 1 is 1.40 bits per heavy atom. The largest absolute Gasteiger partial charge is 0.468 e. The molecule has 86 valence electrons. The van der Waals surface area contributed by atoms with Gasteiger partial charge >= 0.3 is 5.97 Å². The second kappa shape index (κ2) is 4.94. The highest BCUT2D eigenvalue weighted by Crippen LogP contribution is 2.26. The van der Waals surface area contributed by atoms with E-state index in [-0.39, 0.29) is 12.0 Å². The summed E-state index contributed by atoms with van der Waals surface area (Å²) in [5.41, 5.74) is 0. The molecule has 0 aromatic heterocycles. The zero-order chi connectivity index (χ0) is 10.7. The number of hydrogen-bond acceptors (Lipinski definition) is 4. The second-order valence-electron chi connectivity index (χ2n) is 4.29. The average Bonchev–Trinajstić information content (AvgIpc) is 2.81. The lowest BCUT2D eigenvalue weighted by molar-refractivity contribution is -0.155. The number of carbonyl (C=O) groups excluding carboxylic acids is 1. The molecule has 4 heteroatoms. The molecule has 0 N–H and O–H groups in total. The van der Waals surface area contributed by atoms with Gasteiger partial charge < -0.3 is 9.47 Å². The Labute approximate surface area is 90.5 Å². The maximum absolute atomic E-state index is 11.6. The number of ether oxygens (including phenoxy) is 2. The van der Waals surface area contributed by atoms with Crippen molar-refractivity contribution in [2.75, 3.05) is 26.9 Å². The number of morpholine rings is 1. The summed E-state index contributed by atoms with van der Waals surface area (Å²) in [5, 5.41) is 0. The van der Waals surface area contributed by atoms with Crippen molar-refractivity contribution in [1.29, 1.82) is 0 Å². The molecule has 0 aromatic carbocycles. The van der Waals surface area contributed by atoms with E-state index in [4.69, 9.17) is 9.47 Å². The first-order chi connectivity index (χ1) is 7.33. The van der Waals surface area contributed by atoms with Crippen LogP contribution >= 0.6 is 0 Å². The van der Waals surface area contributed by atoms with E-state index in [2.05, 4.69) is 4.90 Å². The molecule has 0 spiro atoms. The molecule has 1 aliphatic heterocycles. The molecule has 2 fully saturated rings. The summed E-state index contributed by atoms with van der Waals surface area (Å²) < 4.78 is 10.2. The molecule has 1 heterocycles. The van der Waals surface area contributed by atoms with Crippen molar-refractivity contribution in [3.05, 3.63) is 0 Å². The summed E-state index contributed by atoms with van der Waals surface area (Å²) in [6.45, 7) is 2.09. The molecule has 0 amide bonds. The molecular weight excluding hydrogens is 194 g/mol. The van der Waals surface area contributed by atoms with Gasteiger partial charge in [-0.15, -0.1) is 0 Å². The average molecular weight is 213 g/mol. The van der Waals surface area contributed by atoms with Crippen molar-refractivity contribution in [2.45, 2.75) is 37.8 Å². The summed E-state index contributed by atoms with van der Waals surface area (Å²) in [7, 11) is 1.45. The molecule has 15 heavy (non-hydrogen) atoms. The molecule has 2 aliphatic rings. The molecular formula is C11H19NO3. The molecule has 1 unspecified atom stereocenters. The van der Waals surface area contributed by atoms with Gasteiger partial charge in [0.2, 0.25) is 0 Å². The first-order valence-electron chi connectivity index (χ1n) is 5.74. The Hall–Kier alpha value is -0.610. The van der Waals surface area contributed by atoms with Gasteiger partial charge in [-0.3, -0.25) is 9.69 Å². The van der Waals surface area contributed by atoms with Crippen LogP contribution in [0.2, 0.25) is 0 Å². The molecule has 1 saturated carbocycles. The zero-order valence-corrected chi connectivity index (χ0v) is 9.28. The van der Waals surface area contributed by atoms with Crippen LogP contribution in [0.3, 0.4) is 0 Å². The van der Waals surface area contributed by atoms with Gasteiger partial charge in [0.15, 0.2) is 0 Å². The fraction of sp³-hybridized carbons (Fsp3) is 0.909. The second-order valence-corrected chi connectivity index (χ2v) is 4.29. The van der Waals surface area contributed by atoms with Crippen molar-refractivity contribution in [2.24, 2.45) is 0 Å². The zero-order valence-electron chi connectivity index (χ0n) is 9.28. The standard InChI is InChI=1S/C11H19NO3/c1-14-11(13)10-8-15-7-6-12(10)9-4-2-3-5-9/h9-10H,2-8H2,1H3. The number of carbonyl (C=O) groups is 1. The molecule has 1 saturated heterocycles. The van der Waals surface area contributed by atoms with Crippen molar-refractivity contribution in [1.82, 2.24) is 4.90 Å². The van der Waals surface area contributed by atoms with E-state index in [0.717, 1.165) is 13.2 Å². The van der Waals surface area contributed by atoms with E-state index in [1.807, 2.05) is 0 Å². The Balaban J connectivity index is 2.01. The van der Waals surface area contributed by atoms with Crippen LogP contribution in [0, 0.1) is 0 Å². The molecule has 0 bridgehead atoms. The topological polar surface area (TPSA) is 38.8 Å².